The highest BCUT2D eigenvalue weighted by Gasteiger charge is 2.39. The van der Waals surface area contributed by atoms with Crippen molar-refractivity contribution in [3.8, 4) is 12.3 Å². The molecule has 0 saturated carbocycles. The average Bonchev–Trinajstić information content (AvgIpc) is 2.53. The third kappa shape index (κ3) is 2.77. The number of piperidine rings is 3. The minimum atomic E-state index is 0.0458. The molecule has 4 atom stereocenters. The number of nitrogens with zero attached hydrogens (tertiary/aromatic N) is 2. The summed E-state index contributed by atoms with van der Waals surface area (Å²) in [5, 5.41) is 3.08. The van der Waals surface area contributed by atoms with Gasteiger partial charge in [0.1, 0.15) is 0 Å². The first-order valence-electron chi connectivity index (χ1n) is 7.58. The Bertz CT molecular complexity index is 400. The number of hydrogen-bond donors (Lipinski definition) is 1. The van der Waals surface area contributed by atoms with Crippen LogP contribution in [0.3, 0.4) is 0 Å². The van der Waals surface area contributed by atoms with Gasteiger partial charge >= 0.3 is 6.03 Å². The van der Waals surface area contributed by atoms with Gasteiger partial charge in [0.05, 0.1) is 13.2 Å². The SMILES string of the molecule is C#C[C@H]1CN2CC[C@@H]1C[C@@H]2CNC(=O)N1CCOCC1. The zero-order valence-corrected chi connectivity index (χ0v) is 11.9. The van der Waals surface area contributed by atoms with Gasteiger partial charge in [-0.2, -0.15) is 0 Å². The lowest BCUT2D eigenvalue weighted by atomic mass is 9.76. The largest absolute Gasteiger partial charge is 0.378 e. The number of ether oxygens (including phenoxy) is 1. The van der Waals surface area contributed by atoms with Crippen molar-refractivity contribution in [2.75, 3.05) is 45.9 Å². The fraction of sp³-hybridized carbons (Fsp3) is 0.800. The van der Waals surface area contributed by atoms with Gasteiger partial charge in [0.15, 0.2) is 0 Å². The number of hydrogen-bond acceptors (Lipinski definition) is 3. The van der Waals surface area contributed by atoms with Crippen molar-refractivity contribution in [2.45, 2.75) is 18.9 Å². The first-order valence-corrected chi connectivity index (χ1v) is 7.58. The summed E-state index contributed by atoms with van der Waals surface area (Å²) in [7, 11) is 0. The van der Waals surface area contributed by atoms with Crippen LogP contribution in [0.2, 0.25) is 0 Å². The topological polar surface area (TPSA) is 44.8 Å². The molecule has 4 aliphatic rings. The number of rotatable bonds is 2. The standard InChI is InChI=1S/C15H23N3O2/c1-2-12-11-18-4-3-13(12)9-14(18)10-16-15(19)17-5-7-20-8-6-17/h1,12-14H,3-11H2,(H,16,19)/t12-,13+,14+/m0/s1. The second-order valence-corrected chi connectivity index (χ2v) is 5.99. The van der Waals surface area contributed by atoms with Gasteiger partial charge in [-0.15, -0.1) is 12.3 Å². The Labute approximate surface area is 120 Å². The molecule has 0 aromatic heterocycles. The minimum Gasteiger partial charge on any atom is -0.378 e. The summed E-state index contributed by atoms with van der Waals surface area (Å²) in [6.45, 7) is 5.55. The molecule has 110 valence electrons. The summed E-state index contributed by atoms with van der Waals surface area (Å²) in [6.07, 6.45) is 7.92. The van der Waals surface area contributed by atoms with E-state index >= 15 is 0 Å². The number of carbonyl (C=O) groups excluding carboxylic acids is 1. The van der Waals surface area contributed by atoms with Crippen LogP contribution < -0.4 is 5.32 Å². The van der Waals surface area contributed by atoms with Crippen LogP contribution in [0.5, 0.6) is 0 Å². The molecule has 20 heavy (non-hydrogen) atoms. The molecule has 0 radical (unpaired) electrons. The van der Waals surface area contributed by atoms with Crippen LogP contribution in [-0.4, -0.2) is 67.8 Å². The van der Waals surface area contributed by atoms with Crippen LogP contribution in [0.1, 0.15) is 12.8 Å². The molecule has 0 aromatic carbocycles. The van der Waals surface area contributed by atoms with Crippen LogP contribution in [0, 0.1) is 24.2 Å². The van der Waals surface area contributed by atoms with E-state index in [9.17, 15) is 4.79 Å². The molecule has 0 spiro atoms. The summed E-state index contributed by atoms with van der Waals surface area (Å²) in [5.74, 6) is 3.98. The molecule has 0 aromatic rings. The Morgan fingerprint density at radius 2 is 2.15 bits per heavy atom. The Morgan fingerprint density at radius 3 is 2.80 bits per heavy atom. The maximum Gasteiger partial charge on any atom is 0.317 e. The van der Waals surface area contributed by atoms with E-state index in [-0.39, 0.29) is 6.03 Å². The van der Waals surface area contributed by atoms with E-state index in [4.69, 9.17) is 11.2 Å². The van der Waals surface area contributed by atoms with Crippen molar-refractivity contribution in [3.63, 3.8) is 0 Å². The summed E-state index contributed by atoms with van der Waals surface area (Å²) < 4.78 is 5.26. The number of terminal acetylenes is 1. The van der Waals surface area contributed by atoms with E-state index in [2.05, 4.69) is 16.1 Å². The van der Waals surface area contributed by atoms with Crippen LogP contribution in [0.15, 0.2) is 0 Å². The molecule has 1 N–H and O–H groups in total. The average molecular weight is 277 g/mol. The smallest absolute Gasteiger partial charge is 0.317 e. The number of nitrogens with one attached hydrogen (secondary N) is 1. The lowest BCUT2D eigenvalue weighted by Crippen LogP contribution is -2.57. The van der Waals surface area contributed by atoms with E-state index in [1.54, 1.807) is 0 Å². The highest BCUT2D eigenvalue weighted by atomic mass is 16.5. The molecule has 5 heteroatoms. The van der Waals surface area contributed by atoms with Crippen molar-refractivity contribution in [2.24, 2.45) is 11.8 Å². The second kappa shape index (κ2) is 6.02. The maximum absolute atomic E-state index is 12.1. The van der Waals surface area contributed by atoms with Gasteiger partial charge in [-0.25, -0.2) is 4.79 Å². The number of fused-ring (bicyclic) bond motifs is 3. The lowest BCUT2D eigenvalue weighted by Gasteiger charge is -2.48. The Kier molecular flexibility index (Phi) is 4.13. The number of urea groups is 1. The van der Waals surface area contributed by atoms with Crippen molar-refractivity contribution in [1.29, 1.82) is 0 Å². The molecular weight excluding hydrogens is 254 g/mol. The van der Waals surface area contributed by atoms with Gasteiger partial charge in [0, 0.05) is 38.1 Å². The van der Waals surface area contributed by atoms with Crippen LogP contribution in [0.4, 0.5) is 4.79 Å². The van der Waals surface area contributed by atoms with E-state index in [0.29, 0.717) is 44.2 Å². The van der Waals surface area contributed by atoms with E-state index in [1.165, 1.54) is 6.42 Å². The lowest BCUT2D eigenvalue weighted by molar-refractivity contribution is 0.0216. The number of amides is 2. The molecule has 4 rings (SSSR count). The zero-order chi connectivity index (χ0) is 13.9. The molecule has 4 saturated heterocycles. The van der Waals surface area contributed by atoms with Gasteiger partial charge in [-0.1, -0.05) is 0 Å². The van der Waals surface area contributed by atoms with Crippen molar-refractivity contribution in [3.05, 3.63) is 0 Å². The molecule has 4 heterocycles. The number of carbonyl (C=O) groups is 1. The maximum atomic E-state index is 12.1. The van der Waals surface area contributed by atoms with E-state index in [1.807, 2.05) is 4.90 Å². The molecule has 2 bridgehead atoms. The second-order valence-electron chi connectivity index (χ2n) is 5.99. The summed E-state index contributed by atoms with van der Waals surface area (Å²) in [4.78, 5) is 16.4. The summed E-state index contributed by atoms with van der Waals surface area (Å²) in [6, 6.07) is 0.507. The van der Waals surface area contributed by atoms with Gasteiger partial charge < -0.3 is 15.0 Å². The van der Waals surface area contributed by atoms with Crippen molar-refractivity contribution >= 4 is 6.03 Å². The number of morpholine rings is 1. The fourth-order valence-corrected chi connectivity index (χ4v) is 3.62. The zero-order valence-electron chi connectivity index (χ0n) is 11.9. The predicted molar refractivity (Wildman–Crippen MR) is 76.2 cm³/mol. The van der Waals surface area contributed by atoms with Crippen molar-refractivity contribution in [1.82, 2.24) is 15.1 Å². The van der Waals surface area contributed by atoms with Gasteiger partial charge in [0.2, 0.25) is 0 Å². The first-order chi connectivity index (χ1) is 9.78. The highest BCUT2D eigenvalue weighted by molar-refractivity contribution is 5.74. The van der Waals surface area contributed by atoms with E-state index < -0.39 is 0 Å². The minimum absolute atomic E-state index is 0.0458. The van der Waals surface area contributed by atoms with E-state index in [0.717, 1.165) is 26.1 Å². The molecule has 2 amide bonds. The third-order valence-electron chi connectivity index (χ3n) is 4.88. The predicted octanol–water partition coefficient (Wildman–Crippen LogP) is 0.372. The van der Waals surface area contributed by atoms with Crippen LogP contribution >= 0.6 is 0 Å². The summed E-state index contributed by atoms with van der Waals surface area (Å²) >= 11 is 0. The monoisotopic (exact) mass is 277 g/mol. The van der Waals surface area contributed by atoms with Gasteiger partial charge in [0.25, 0.3) is 0 Å². The first kappa shape index (κ1) is 13.7. The normalized spacial score (nSPS) is 36.5. The molecule has 4 fully saturated rings. The van der Waals surface area contributed by atoms with Crippen LogP contribution in [-0.2, 0) is 4.74 Å². The van der Waals surface area contributed by atoms with Gasteiger partial charge in [-0.3, -0.25) is 4.90 Å². The molecule has 0 aliphatic carbocycles. The molecule has 1 unspecified atom stereocenters. The highest BCUT2D eigenvalue weighted by Crippen LogP contribution is 2.35. The Balaban J connectivity index is 1.47. The fourth-order valence-electron chi connectivity index (χ4n) is 3.62. The Hall–Kier alpha value is -1.25. The Morgan fingerprint density at radius 1 is 1.35 bits per heavy atom. The van der Waals surface area contributed by atoms with Crippen LogP contribution in [0.25, 0.3) is 0 Å². The molecule has 4 aliphatic heterocycles. The quantitative estimate of drug-likeness (QED) is 0.742. The summed E-state index contributed by atoms with van der Waals surface area (Å²) in [5.41, 5.74) is 0. The molecular formula is C15H23N3O2. The molecule has 5 nitrogen and oxygen atoms in total. The van der Waals surface area contributed by atoms with Crippen molar-refractivity contribution < 1.29 is 9.53 Å². The van der Waals surface area contributed by atoms with Gasteiger partial charge in [-0.05, 0) is 25.3 Å². The third-order valence-corrected chi connectivity index (χ3v) is 4.88.